The highest BCUT2D eigenvalue weighted by molar-refractivity contribution is 5.99. The zero-order valence-corrected chi connectivity index (χ0v) is 17.8. The van der Waals surface area contributed by atoms with Crippen LogP contribution in [0.15, 0.2) is 48.5 Å². The number of likely N-dealkylation sites (tertiary alicyclic amines) is 1. The Bertz CT molecular complexity index is 1090. The average molecular weight is 435 g/mol. The minimum absolute atomic E-state index is 0.0462. The van der Waals surface area contributed by atoms with Crippen molar-refractivity contribution in [2.75, 3.05) is 13.1 Å². The normalized spacial score (nSPS) is 27.1. The minimum atomic E-state index is -0.678. The second-order valence-corrected chi connectivity index (χ2v) is 9.08. The number of carbonyl (C=O) groups is 3. The lowest BCUT2D eigenvalue weighted by Crippen LogP contribution is -2.53. The molecule has 0 bridgehead atoms. The first-order valence-electron chi connectivity index (χ1n) is 11.2. The van der Waals surface area contributed by atoms with Crippen molar-refractivity contribution in [3.63, 3.8) is 0 Å². The van der Waals surface area contributed by atoms with Gasteiger partial charge in [0.15, 0.2) is 0 Å². The highest BCUT2D eigenvalue weighted by atomic mass is 19.1. The van der Waals surface area contributed by atoms with Crippen LogP contribution in [0.3, 0.4) is 0 Å². The molecular weight excluding hydrogens is 409 g/mol. The van der Waals surface area contributed by atoms with Gasteiger partial charge in [-0.15, -0.1) is 0 Å². The largest absolute Gasteiger partial charge is 0.348 e. The summed E-state index contributed by atoms with van der Waals surface area (Å²) in [6.45, 7) is 0.682. The number of amides is 3. The topological polar surface area (TPSA) is 78.5 Å². The molecule has 1 spiro atoms. The molecule has 2 aromatic carbocycles. The summed E-state index contributed by atoms with van der Waals surface area (Å²) >= 11 is 0. The summed E-state index contributed by atoms with van der Waals surface area (Å²) in [5.74, 6) is -0.961. The molecular formula is C25H26FN3O3. The van der Waals surface area contributed by atoms with Crippen molar-refractivity contribution in [2.45, 2.75) is 49.6 Å². The monoisotopic (exact) mass is 435 g/mol. The van der Waals surface area contributed by atoms with Gasteiger partial charge in [0.1, 0.15) is 5.82 Å². The van der Waals surface area contributed by atoms with Crippen molar-refractivity contribution in [1.82, 2.24) is 15.5 Å². The van der Waals surface area contributed by atoms with Gasteiger partial charge in [0.25, 0.3) is 5.91 Å². The molecule has 6 nitrogen and oxygen atoms in total. The Morgan fingerprint density at radius 1 is 1.06 bits per heavy atom. The van der Waals surface area contributed by atoms with Gasteiger partial charge in [0.05, 0.1) is 18.0 Å². The Kier molecular flexibility index (Phi) is 5.19. The Hall–Kier alpha value is -3.22. The number of carbonyl (C=O) groups excluding carboxylic acids is 3. The minimum Gasteiger partial charge on any atom is -0.348 e. The quantitative estimate of drug-likeness (QED) is 0.778. The molecule has 3 aliphatic rings. The highest BCUT2D eigenvalue weighted by Gasteiger charge is 2.50. The van der Waals surface area contributed by atoms with Crippen molar-refractivity contribution in [2.24, 2.45) is 0 Å². The zero-order chi connectivity index (χ0) is 22.3. The van der Waals surface area contributed by atoms with Crippen molar-refractivity contribution in [3.8, 4) is 0 Å². The van der Waals surface area contributed by atoms with E-state index in [1.807, 2.05) is 12.1 Å². The molecule has 7 heteroatoms. The number of benzene rings is 2. The molecule has 2 aromatic rings. The molecule has 1 unspecified atom stereocenters. The second-order valence-electron chi connectivity index (χ2n) is 9.08. The highest BCUT2D eigenvalue weighted by Crippen LogP contribution is 2.42. The summed E-state index contributed by atoms with van der Waals surface area (Å²) in [4.78, 5) is 39.8. The van der Waals surface area contributed by atoms with E-state index in [1.54, 1.807) is 35.2 Å². The standard InChI is InChI=1S/C25H26FN3O3/c26-20-10-4-3-9-18(20)19-14-29(15-25(19)12-6-5-11-22(30)28-25)23(31)13-21-16-7-1-2-8-17(16)24(32)27-21/h1-4,7-10,19,21H,5-6,11-15H2,(H,27,32)(H,28,30)/t19-,21?,25+/m0/s1. The molecule has 166 valence electrons. The van der Waals surface area contributed by atoms with E-state index in [2.05, 4.69) is 10.6 Å². The summed E-state index contributed by atoms with van der Waals surface area (Å²) in [5, 5.41) is 6.06. The third-order valence-electron chi connectivity index (χ3n) is 7.11. The molecule has 0 radical (unpaired) electrons. The fourth-order valence-electron chi connectivity index (χ4n) is 5.55. The fourth-order valence-corrected chi connectivity index (χ4v) is 5.55. The fraction of sp³-hybridized carbons (Fsp3) is 0.400. The third-order valence-corrected chi connectivity index (χ3v) is 7.11. The number of nitrogens with one attached hydrogen (secondary N) is 2. The zero-order valence-electron chi connectivity index (χ0n) is 17.8. The first-order valence-corrected chi connectivity index (χ1v) is 11.2. The number of rotatable bonds is 3. The van der Waals surface area contributed by atoms with Crippen molar-refractivity contribution >= 4 is 17.7 Å². The molecule has 0 aromatic heterocycles. The van der Waals surface area contributed by atoms with E-state index in [0.717, 1.165) is 18.4 Å². The van der Waals surface area contributed by atoms with Gasteiger partial charge >= 0.3 is 0 Å². The predicted molar refractivity (Wildman–Crippen MR) is 116 cm³/mol. The SMILES string of the molecule is O=C1CCCC[C@]2(CN(C(=O)CC3NC(=O)c4ccccc43)C[C@H]2c2ccccc2F)N1. The summed E-state index contributed by atoms with van der Waals surface area (Å²) in [5.41, 5.74) is 1.28. The van der Waals surface area contributed by atoms with Crippen LogP contribution < -0.4 is 10.6 Å². The molecule has 0 saturated carbocycles. The Labute approximate surface area is 186 Å². The van der Waals surface area contributed by atoms with Gasteiger partial charge in [-0.2, -0.15) is 0 Å². The number of hydrogen-bond donors (Lipinski definition) is 2. The van der Waals surface area contributed by atoms with Crippen LogP contribution in [-0.4, -0.2) is 41.2 Å². The van der Waals surface area contributed by atoms with Gasteiger partial charge in [-0.3, -0.25) is 14.4 Å². The van der Waals surface area contributed by atoms with Crippen LogP contribution in [0.5, 0.6) is 0 Å². The van der Waals surface area contributed by atoms with Crippen molar-refractivity contribution in [3.05, 3.63) is 71.0 Å². The van der Waals surface area contributed by atoms with Crippen LogP contribution in [0.1, 0.15) is 65.5 Å². The van der Waals surface area contributed by atoms with Crippen molar-refractivity contribution < 1.29 is 18.8 Å². The summed E-state index contributed by atoms with van der Waals surface area (Å²) < 4.78 is 14.8. The first kappa shape index (κ1) is 20.7. The molecule has 3 atom stereocenters. The van der Waals surface area contributed by atoms with Crippen molar-refractivity contribution in [1.29, 1.82) is 0 Å². The summed E-state index contributed by atoms with van der Waals surface area (Å²) in [6.07, 6.45) is 2.92. The molecule has 2 fully saturated rings. The summed E-state index contributed by atoms with van der Waals surface area (Å²) in [7, 11) is 0. The van der Waals surface area contributed by atoms with Gasteiger partial charge in [0, 0.05) is 31.0 Å². The van der Waals surface area contributed by atoms with E-state index in [-0.39, 0.29) is 41.9 Å². The molecule has 5 rings (SSSR count). The van der Waals surface area contributed by atoms with E-state index in [0.29, 0.717) is 37.1 Å². The van der Waals surface area contributed by atoms with E-state index in [4.69, 9.17) is 0 Å². The summed E-state index contributed by atoms with van der Waals surface area (Å²) in [6, 6.07) is 13.5. The maximum atomic E-state index is 14.8. The van der Waals surface area contributed by atoms with E-state index < -0.39 is 5.54 Å². The molecule has 2 saturated heterocycles. The lowest BCUT2D eigenvalue weighted by molar-refractivity contribution is -0.131. The Morgan fingerprint density at radius 3 is 2.62 bits per heavy atom. The van der Waals surface area contributed by atoms with Crippen LogP contribution >= 0.6 is 0 Å². The predicted octanol–water partition coefficient (Wildman–Crippen LogP) is 3.06. The Morgan fingerprint density at radius 2 is 1.81 bits per heavy atom. The first-order chi connectivity index (χ1) is 15.5. The third kappa shape index (κ3) is 3.55. The van der Waals surface area contributed by atoms with E-state index >= 15 is 0 Å². The lowest BCUT2D eigenvalue weighted by Gasteiger charge is -2.34. The van der Waals surface area contributed by atoms with E-state index in [1.165, 1.54) is 6.07 Å². The molecule has 3 heterocycles. The van der Waals surface area contributed by atoms with Crippen LogP contribution in [0, 0.1) is 5.82 Å². The van der Waals surface area contributed by atoms with Gasteiger partial charge in [-0.05, 0) is 36.1 Å². The van der Waals surface area contributed by atoms with Gasteiger partial charge in [-0.25, -0.2) is 4.39 Å². The smallest absolute Gasteiger partial charge is 0.252 e. The second kappa shape index (κ2) is 8.04. The number of fused-ring (bicyclic) bond motifs is 1. The number of hydrogen-bond acceptors (Lipinski definition) is 3. The number of halogens is 1. The van der Waals surface area contributed by atoms with Crippen LogP contribution in [-0.2, 0) is 9.59 Å². The lowest BCUT2D eigenvalue weighted by atomic mass is 9.78. The average Bonchev–Trinajstić information content (AvgIpc) is 3.22. The Balaban J connectivity index is 1.42. The van der Waals surface area contributed by atoms with Crippen LogP contribution in [0.2, 0.25) is 0 Å². The van der Waals surface area contributed by atoms with E-state index in [9.17, 15) is 18.8 Å². The van der Waals surface area contributed by atoms with Gasteiger partial charge in [0.2, 0.25) is 11.8 Å². The molecule has 3 aliphatic heterocycles. The van der Waals surface area contributed by atoms with Gasteiger partial charge < -0.3 is 15.5 Å². The van der Waals surface area contributed by atoms with Crippen LogP contribution in [0.4, 0.5) is 4.39 Å². The molecule has 2 N–H and O–H groups in total. The molecule has 32 heavy (non-hydrogen) atoms. The maximum Gasteiger partial charge on any atom is 0.252 e. The number of nitrogens with zero attached hydrogens (tertiary/aromatic N) is 1. The maximum absolute atomic E-state index is 14.8. The van der Waals surface area contributed by atoms with Gasteiger partial charge in [-0.1, -0.05) is 42.8 Å². The molecule has 0 aliphatic carbocycles. The molecule has 3 amide bonds. The van der Waals surface area contributed by atoms with Crippen LogP contribution in [0.25, 0.3) is 0 Å².